The molecule has 0 spiro atoms. The first-order valence-corrected chi connectivity index (χ1v) is 11.4. The molecular formula is C29H16N4O3. The molecule has 7 heteroatoms. The fraction of sp³-hybridized carbons (Fsp3) is 0. The van der Waals surface area contributed by atoms with E-state index in [-0.39, 0.29) is 17.1 Å². The van der Waals surface area contributed by atoms with Crippen molar-refractivity contribution in [2.45, 2.75) is 0 Å². The first kappa shape index (κ1) is 20.2. The summed E-state index contributed by atoms with van der Waals surface area (Å²) in [7, 11) is 0. The monoisotopic (exact) mass is 468 g/mol. The zero-order chi connectivity index (χ0) is 24.2. The predicted octanol–water partition coefficient (Wildman–Crippen LogP) is 5.69. The van der Waals surface area contributed by atoms with Gasteiger partial charge in [0.25, 0.3) is 5.71 Å². The van der Waals surface area contributed by atoms with Gasteiger partial charge in [-0.05, 0) is 53.2 Å². The number of fused-ring (bicyclic) bond motifs is 3. The van der Waals surface area contributed by atoms with Crippen LogP contribution in [0.2, 0.25) is 0 Å². The van der Waals surface area contributed by atoms with Crippen LogP contribution in [0.3, 0.4) is 0 Å². The van der Waals surface area contributed by atoms with Crippen molar-refractivity contribution in [3.8, 4) is 17.1 Å². The van der Waals surface area contributed by atoms with E-state index in [1.807, 2.05) is 60.7 Å². The molecule has 1 aliphatic rings. The van der Waals surface area contributed by atoms with Crippen LogP contribution in [0.15, 0.2) is 101 Å². The topological polar surface area (TPSA) is 90.9 Å². The van der Waals surface area contributed by atoms with Crippen LogP contribution in [0.5, 0.6) is 0 Å². The molecule has 0 fully saturated rings. The molecule has 3 aromatic heterocycles. The van der Waals surface area contributed by atoms with Gasteiger partial charge in [-0.2, -0.15) is 9.97 Å². The van der Waals surface area contributed by atoms with Gasteiger partial charge in [0.15, 0.2) is 11.6 Å². The van der Waals surface area contributed by atoms with E-state index in [9.17, 15) is 9.59 Å². The van der Waals surface area contributed by atoms with Crippen LogP contribution in [0.1, 0.15) is 26.5 Å². The molecule has 7 rings (SSSR count). The van der Waals surface area contributed by atoms with Gasteiger partial charge >= 0.3 is 0 Å². The SMILES string of the molecule is O=C1C(=Cc2nc3oc(-c4ccccc4)nc3n2-c2cccnc2)C(=O)c2cc3ccccc3cc21. The first-order chi connectivity index (χ1) is 17.7. The molecule has 0 bridgehead atoms. The van der Waals surface area contributed by atoms with E-state index in [0.717, 1.165) is 16.3 Å². The van der Waals surface area contributed by atoms with Gasteiger partial charge in [0.05, 0.1) is 17.5 Å². The van der Waals surface area contributed by atoms with Crippen LogP contribution < -0.4 is 0 Å². The van der Waals surface area contributed by atoms with Crippen LogP contribution in [-0.4, -0.2) is 31.1 Å². The Balaban J connectivity index is 1.40. The number of hydrogen-bond donors (Lipinski definition) is 0. The maximum atomic E-state index is 13.3. The average Bonchev–Trinajstić information content (AvgIpc) is 3.55. The summed E-state index contributed by atoms with van der Waals surface area (Å²) in [6.45, 7) is 0. The molecular weight excluding hydrogens is 452 g/mol. The Morgan fingerprint density at radius 1 is 0.778 bits per heavy atom. The second-order valence-electron chi connectivity index (χ2n) is 8.49. The largest absolute Gasteiger partial charge is 0.416 e. The molecule has 0 radical (unpaired) electrons. The summed E-state index contributed by atoms with van der Waals surface area (Å²) in [5, 5.41) is 1.82. The Labute approximate surface area is 204 Å². The van der Waals surface area contributed by atoms with Gasteiger partial charge in [-0.25, -0.2) is 0 Å². The van der Waals surface area contributed by atoms with Gasteiger partial charge in [0, 0.05) is 22.9 Å². The Bertz CT molecular complexity index is 1810. The van der Waals surface area contributed by atoms with Crippen LogP contribution >= 0.6 is 0 Å². The Morgan fingerprint density at radius 3 is 2.14 bits per heavy atom. The smallest absolute Gasteiger partial charge is 0.267 e. The fourth-order valence-electron chi connectivity index (χ4n) is 4.60. The number of benzene rings is 3. The van der Waals surface area contributed by atoms with Gasteiger partial charge < -0.3 is 4.42 Å². The zero-order valence-electron chi connectivity index (χ0n) is 18.8. The van der Waals surface area contributed by atoms with Gasteiger partial charge in [-0.15, -0.1) is 0 Å². The van der Waals surface area contributed by atoms with E-state index in [1.54, 1.807) is 35.2 Å². The van der Waals surface area contributed by atoms with E-state index in [2.05, 4.69) is 15.0 Å². The number of carbonyl (C=O) groups excluding carboxylic acids is 2. The van der Waals surface area contributed by atoms with Crippen LogP contribution in [0.25, 0.3) is 45.4 Å². The highest BCUT2D eigenvalue weighted by Gasteiger charge is 2.34. The minimum atomic E-state index is -0.323. The highest BCUT2D eigenvalue weighted by atomic mass is 16.4. The number of ketones is 2. The molecule has 1 aliphatic carbocycles. The number of rotatable bonds is 3. The molecule has 6 aromatic rings. The summed E-state index contributed by atoms with van der Waals surface area (Å²) < 4.78 is 7.71. The number of allylic oxidation sites excluding steroid dienone is 1. The Hall–Kier alpha value is -5.17. The molecule has 36 heavy (non-hydrogen) atoms. The van der Waals surface area contributed by atoms with E-state index in [0.29, 0.717) is 39.9 Å². The van der Waals surface area contributed by atoms with Crippen molar-refractivity contribution in [3.63, 3.8) is 0 Å². The summed E-state index contributed by atoms with van der Waals surface area (Å²) in [6, 6.07) is 24.4. The number of Topliss-reactive ketones (excluding diaryl/α,β-unsaturated/α-hetero) is 2. The van der Waals surface area contributed by atoms with E-state index < -0.39 is 0 Å². The third-order valence-electron chi connectivity index (χ3n) is 6.31. The normalized spacial score (nSPS) is 13.1. The lowest BCUT2D eigenvalue weighted by molar-refractivity contribution is 0.0990. The van der Waals surface area contributed by atoms with Crippen LogP contribution in [-0.2, 0) is 0 Å². The summed E-state index contributed by atoms with van der Waals surface area (Å²) >= 11 is 0. The fourth-order valence-corrected chi connectivity index (χ4v) is 4.60. The molecule has 3 heterocycles. The molecule has 0 saturated carbocycles. The second kappa shape index (κ2) is 7.68. The number of oxazole rings is 1. The molecule has 170 valence electrons. The molecule has 0 N–H and O–H groups in total. The van der Waals surface area contributed by atoms with E-state index in [4.69, 9.17) is 4.42 Å². The third kappa shape index (κ3) is 3.03. The summed E-state index contributed by atoms with van der Waals surface area (Å²) in [6.07, 6.45) is 4.85. The van der Waals surface area contributed by atoms with Crippen molar-refractivity contribution in [1.82, 2.24) is 19.5 Å². The maximum absolute atomic E-state index is 13.3. The summed E-state index contributed by atoms with van der Waals surface area (Å²) in [4.78, 5) is 40.1. The lowest BCUT2D eigenvalue weighted by Crippen LogP contribution is -2.04. The lowest BCUT2D eigenvalue weighted by atomic mass is 10.0. The number of nitrogens with zero attached hydrogens (tertiary/aromatic N) is 4. The molecule has 3 aromatic carbocycles. The molecule has 7 nitrogen and oxygen atoms in total. The first-order valence-electron chi connectivity index (χ1n) is 11.4. The van der Waals surface area contributed by atoms with E-state index in [1.165, 1.54) is 6.08 Å². The Morgan fingerprint density at radius 2 is 1.47 bits per heavy atom. The van der Waals surface area contributed by atoms with Gasteiger partial charge in [-0.1, -0.05) is 42.5 Å². The maximum Gasteiger partial charge on any atom is 0.267 e. The second-order valence-corrected chi connectivity index (χ2v) is 8.49. The van der Waals surface area contributed by atoms with Crippen molar-refractivity contribution in [2.75, 3.05) is 0 Å². The minimum Gasteiger partial charge on any atom is -0.416 e. The van der Waals surface area contributed by atoms with Crippen LogP contribution in [0.4, 0.5) is 0 Å². The third-order valence-corrected chi connectivity index (χ3v) is 6.31. The standard InChI is InChI=1S/C29H16N4O3/c34-25-21-13-18-9-4-5-10-19(18)14-22(21)26(35)23(25)15-24-31-29-27(33(24)20-11-6-12-30-16-20)32-28(36-29)17-7-2-1-3-8-17/h1-16H. The molecule has 0 unspecified atom stereocenters. The number of imidazole rings is 1. The van der Waals surface area contributed by atoms with E-state index >= 15 is 0 Å². The number of pyridine rings is 1. The van der Waals surface area contributed by atoms with Crippen molar-refractivity contribution < 1.29 is 14.0 Å². The predicted molar refractivity (Wildman–Crippen MR) is 135 cm³/mol. The summed E-state index contributed by atoms with van der Waals surface area (Å²) in [5.41, 5.74) is 3.12. The van der Waals surface area contributed by atoms with Crippen molar-refractivity contribution in [2.24, 2.45) is 0 Å². The number of carbonyl (C=O) groups is 2. The molecule has 0 aliphatic heterocycles. The zero-order valence-corrected chi connectivity index (χ0v) is 18.8. The van der Waals surface area contributed by atoms with Gasteiger partial charge in [-0.3, -0.25) is 19.1 Å². The van der Waals surface area contributed by atoms with Gasteiger partial charge in [0.2, 0.25) is 11.5 Å². The lowest BCUT2D eigenvalue weighted by Gasteiger charge is -2.05. The van der Waals surface area contributed by atoms with Crippen molar-refractivity contribution in [1.29, 1.82) is 0 Å². The molecule has 0 saturated heterocycles. The van der Waals surface area contributed by atoms with Crippen LogP contribution in [0, 0.1) is 0 Å². The number of hydrogen-bond acceptors (Lipinski definition) is 6. The molecule has 0 amide bonds. The minimum absolute atomic E-state index is 0.0568. The van der Waals surface area contributed by atoms with Crippen molar-refractivity contribution in [3.05, 3.63) is 114 Å². The van der Waals surface area contributed by atoms with Gasteiger partial charge in [0.1, 0.15) is 5.82 Å². The highest BCUT2D eigenvalue weighted by molar-refractivity contribution is 6.42. The highest BCUT2D eigenvalue weighted by Crippen LogP contribution is 2.33. The van der Waals surface area contributed by atoms with Crippen molar-refractivity contribution >= 4 is 39.8 Å². The Kier molecular flexibility index (Phi) is 4.31. The average molecular weight is 468 g/mol. The molecule has 0 atom stereocenters. The summed E-state index contributed by atoms with van der Waals surface area (Å²) in [5.74, 6) is 0.141. The quantitative estimate of drug-likeness (QED) is 0.245. The number of aromatic nitrogens is 4.